The fourth-order valence-electron chi connectivity index (χ4n) is 2.63. The number of hydrogen-bond acceptors (Lipinski definition) is 4. The predicted molar refractivity (Wildman–Crippen MR) is 102 cm³/mol. The summed E-state index contributed by atoms with van der Waals surface area (Å²) in [4.78, 5) is 35.6. The first-order chi connectivity index (χ1) is 12.3. The highest BCUT2D eigenvalue weighted by atomic mass is 32.1. The second-order valence-corrected chi connectivity index (χ2v) is 6.55. The van der Waals surface area contributed by atoms with Crippen molar-refractivity contribution in [3.63, 3.8) is 0 Å². The van der Waals surface area contributed by atoms with Gasteiger partial charge in [-0.25, -0.2) is 0 Å². The van der Waals surface area contributed by atoms with Crippen molar-refractivity contribution in [2.45, 2.75) is 25.8 Å². The summed E-state index contributed by atoms with van der Waals surface area (Å²) in [7, 11) is 1.73. The van der Waals surface area contributed by atoms with Gasteiger partial charge in [0.1, 0.15) is 0 Å². The van der Waals surface area contributed by atoms with Crippen molar-refractivity contribution in [3.05, 3.63) is 58.9 Å². The first-order valence-corrected chi connectivity index (χ1v) is 8.83. The van der Waals surface area contributed by atoms with Gasteiger partial charge in [0.05, 0.1) is 18.5 Å². The van der Waals surface area contributed by atoms with E-state index < -0.39 is 12.0 Å². The monoisotopic (exact) mass is 374 g/mol. The maximum atomic E-state index is 12.6. The molecule has 0 bridgehead atoms. The molecule has 1 aromatic carbocycles. The van der Waals surface area contributed by atoms with Gasteiger partial charge in [-0.05, 0) is 19.1 Å². The van der Waals surface area contributed by atoms with Crippen LogP contribution in [0, 0.1) is 6.92 Å². The Labute approximate surface area is 157 Å². The Bertz CT molecular complexity index is 811. The number of aliphatic carboxylic acids is 1. The fourth-order valence-corrected chi connectivity index (χ4v) is 2.85. The molecule has 2 aromatic rings. The van der Waals surface area contributed by atoms with Gasteiger partial charge in [0.15, 0.2) is 0 Å². The third-order valence-corrected chi connectivity index (χ3v) is 4.56. The van der Waals surface area contributed by atoms with Gasteiger partial charge in [0.25, 0.3) is 0 Å². The second-order valence-electron chi connectivity index (χ2n) is 6.19. The lowest BCUT2D eigenvalue weighted by Gasteiger charge is -2.14. The van der Waals surface area contributed by atoms with Gasteiger partial charge in [-0.3, -0.25) is 14.4 Å². The zero-order valence-corrected chi connectivity index (χ0v) is 15.6. The van der Waals surface area contributed by atoms with E-state index in [1.165, 1.54) is 0 Å². The zero-order valence-electron chi connectivity index (χ0n) is 14.7. The van der Waals surface area contributed by atoms with Crippen LogP contribution in [0.4, 0.5) is 0 Å². The lowest BCUT2D eigenvalue weighted by Crippen LogP contribution is -2.39. The van der Waals surface area contributed by atoms with Crippen molar-refractivity contribution in [1.29, 1.82) is 0 Å². The average Bonchev–Trinajstić information content (AvgIpc) is 2.94. The molecule has 1 unspecified atom stereocenters. The lowest BCUT2D eigenvalue weighted by molar-refractivity contribution is -0.137. The van der Waals surface area contributed by atoms with Crippen LogP contribution in [0.2, 0.25) is 0 Å². The van der Waals surface area contributed by atoms with Crippen LogP contribution >= 0.6 is 12.6 Å². The molecular weight excluding hydrogens is 352 g/mol. The Hall–Kier alpha value is -2.54. The lowest BCUT2D eigenvalue weighted by atomic mass is 10.1. The number of amides is 1. The molecule has 0 aliphatic rings. The van der Waals surface area contributed by atoms with E-state index in [0.29, 0.717) is 17.0 Å². The summed E-state index contributed by atoms with van der Waals surface area (Å²) in [5, 5.41) is 11.5. The molecule has 0 aliphatic heterocycles. The second kappa shape index (κ2) is 8.71. The Morgan fingerprint density at radius 2 is 1.81 bits per heavy atom. The smallest absolute Gasteiger partial charge is 0.305 e. The number of aromatic nitrogens is 1. The molecular formula is C19H22N2O4S. The molecule has 7 heteroatoms. The summed E-state index contributed by atoms with van der Waals surface area (Å²) in [6.45, 7) is 1.95. The number of carbonyl (C=O) groups is 3. The number of aryl methyl sites for hydroxylation is 1. The summed E-state index contributed by atoms with van der Waals surface area (Å²) >= 11 is 4.06. The molecule has 0 saturated carbocycles. The van der Waals surface area contributed by atoms with Gasteiger partial charge in [-0.15, -0.1) is 0 Å². The third-order valence-electron chi connectivity index (χ3n) is 4.12. The minimum atomic E-state index is -0.991. The van der Waals surface area contributed by atoms with Crippen molar-refractivity contribution in [3.8, 4) is 0 Å². The average molecular weight is 374 g/mol. The van der Waals surface area contributed by atoms with Crippen LogP contribution in [0.15, 0.2) is 36.4 Å². The van der Waals surface area contributed by atoms with Crippen molar-refractivity contribution >= 4 is 30.3 Å². The number of rotatable bonds is 8. The molecule has 138 valence electrons. The number of ketones is 1. The summed E-state index contributed by atoms with van der Waals surface area (Å²) in [6.07, 6.45) is -0.124. The molecule has 0 fully saturated rings. The Kier molecular flexibility index (Phi) is 6.63. The molecule has 1 aromatic heterocycles. The van der Waals surface area contributed by atoms with Crippen molar-refractivity contribution in [2.24, 2.45) is 7.05 Å². The minimum absolute atomic E-state index is 0.0571. The van der Waals surface area contributed by atoms with Crippen LogP contribution in [-0.2, 0) is 23.1 Å². The third kappa shape index (κ3) is 4.98. The topological polar surface area (TPSA) is 88.4 Å². The van der Waals surface area contributed by atoms with E-state index in [1.807, 2.05) is 19.1 Å². The molecule has 2 rings (SSSR count). The highest BCUT2D eigenvalue weighted by molar-refractivity contribution is 7.80. The number of nitrogens with one attached hydrogen (secondary N) is 1. The van der Waals surface area contributed by atoms with Gasteiger partial charge >= 0.3 is 5.97 Å². The minimum Gasteiger partial charge on any atom is -0.481 e. The van der Waals surface area contributed by atoms with Crippen LogP contribution in [0.5, 0.6) is 0 Å². The standard InChI is InChI=1S/C19H22N2O4S/c1-12-3-5-13(6-4-12)19(25)16-8-7-15(21(16)2)10-17(22)20-14(11-26)9-18(23)24/h3-8,14,26H,9-11H2,1-2H3,(H,20,22)(H,23,24). The molecule has 0 spiro atoms. The van der Waals surface area contributed by atoms with Gasteiger partial charge in [-0.2, -0.15) is 12.6 Å². The summed E-state index contributed by atoms with van der Waals surface area (Å²) in [5.74, 6) is -1.17. The molecule has 0 aliphatic carbocycles. The van der Waals surface area contributed by atoms with E-state index in [2.05, 4.69) is 17.9 Å². The number of benzene rings is 1. The number of carboxylic acid groups (broad SMARTS) is 1. The first-order valence-electron chi connectivity index (χ1n) is 8.19. The fraction of sp³-hybridized carbons (Fsp3) is 0.316. The van der Waals surface area contributed by atoms with Crippen LogP contribution in [-0.4, -0.2) is 39.1 Å². The molecule has 1 amide bonds. The van der Waals surface area contributed by atoms with Gasteiger partial charge < -0.3 is 15.0 Å². The number of carbonyl (C=O) groups excluding carboxylic acids is 2. The highest BCUT2D eigenvalue weighted by Crippen LogP contribution is 2.14. The molecule has 1 atom stereocenters. The Balaban J connectivity index is 2.08. The van der Waals surface area contributed by atoms with Crippen molar-refractivity contribution in [1.82, 2.24) is 9.88 Å². The van der Waals surface area contributed by atoms with Gasteiger partial charge in [0, 0.05) is 30.1 Å². The molecule has 1 heterocycles. The largest absolute Gasteiger partial charge is 0.481 e. The maximum absolute atomic E-state index is 12.6. The van der Waals surface area contributed by atoms with Crippen LogP contribution in [0.25, 0.3) is 0 Å². The molecule has 0 radical (unpaired) electrons. The molecule has 26 heavy (non-hydrogen) atoms. The Morgan fingerprint density at radius 1 is 1.15 bits per heavy atom. The number of carboxylic acids is 1. The van der Waals surface area contributed by atoms with E-state index in [4.69, 9.17) is 5.11 Å². The van der Waals surface area contributed by atoms with Crippen molar-refractivity contribution in [2.75, 3.05) is 5.75 Å². The predicted octanol–water partition coefficient (Wildman–Crippen LogP) is 2.00. The number of nitrogens with zero attached hydrogens (tertiary/aromatic N) is 1. The quantitative estimate of drug-likeness (QED) is 0.487. The summed E-state index contributed by atoms with van der Waals surface area (Å²) in [5.41, 5.74) is 2.83. The van der Waals surface area contributed by atoms with Crippen molar-refractivity contribution < 1.29 is 19.5 Å². The van der Waals surface area contributed by atoms with Gasteiger partial charge in [0.2, 0.25) is 11.7 Å². The van der Waals surface area contributed by atoms with Crippen LogP contribution in [0.1, 0.15) is 33.7 Å². The van der Waals surface area contributed by atoms with Crippen LogP contribution in [0.3, 0.4) is 0 Å². The maximum Gasteiger partial charge on any atom is 0.305 e. The summed E-state index contributed by atoms with van der Waals surface area (Å²) < 4.78 is 1.69. The van der Waals surface area contributed by atoms with E-state index in [9.17, 15) is 14.4 Å². The molecule has 0 saturated heterocycles. The van der Waals surface area contributed by atoms with E-state index >= 15 is 0 Å². The zero-order chi connectivity index (χ0) is 19.3. The van der Waals surface area contributed by atoms with Gasteiger partial charge in [-0.1, -0.05) is 29.8 Å². The highest BCUT2D eigenvalue weighted by Gasteiger charge is 2.18. The summed E-state index contributed by atoms with van der Waals surface area (Å²) in [6, 6.07) is 10.2. The number of thiol groups is 1. The molecule has 6 nitrogen and oxygen atoms in total. The van der Waals surface area contributed by atoms with E-state index in [-0.39, 0.29) is 30.3 Å². The van der Waals surface area contributed by atoms with E-state index in [0.717, 1.165) is 5.56 Å². The van der Waals surface area contributed by atoms with Crippen LogP contribution < -0.4 is 5.32 Å². The van der Waals surface area contributed by atoms with E-state index in [1.54, 1.807) is 35.9 Å². The number of hydrogen-bond donors (Lipinski definition) is 3. The molecule has 2 N–H and O–H groups in total. The normalized spacial score (nSPS) is 11.8. The first kappa shape index (κ1) is 19.8. The Morgan fingerprint density at radius 3 is 2.38 bits per heavy atom. The SMILES string of the molecule is Cc1ccc(C(=O)c2ccc(CC(=O)NC(CS)CC(=O)O)n2C)cc1.